The average Bonchev–Trinajstić information content (AvgIpc) is 3.00. The SMILES string of the molecule is CCCC[C@@]1(CC)CSc2ccccc2[C@H](c2ccc(OCc3ccccc3)cc2)N1. The first-order chi connectivity index (χ1) is 15.2. The van der Waals surface area contributed by atoms with E-state index in [0.717, 1.165) is 17.9 Å². The predicted molar refractivity (Wildman–Crippen MR) is 132 cm³/mol. The van der Waals surface area contributed by atoms with Crippen molar-refractivity contribution in [2.24, 2.45) is 0 Å². The summed E-state index contributed by atoms with van der Waals surface area (Å²) >= 11 is 2.01. The quantitative estimate of drug-likeness (QED) is 0.402. The molecule has 0 saturated heterocycles. The third-order valence-electron chi connectivity index (χ3n) is 6.33. The summed E-state index contributed by atoms with van der Waals surface area (Å²) in [5, 5.41) is 4.10. The normalized spacial score (nSPS) is 20.6. The lowest BCUT2D eigenvalue weighted by molar-refractivity contribution is 0.296. The maximum atomic E-state index is 6.02. The van der Waals surface area contributed by atoms with E-state index in [1.54, 1.807) is 0 Å². The summed E-state index contributed by atoms with van der Waals surface area (Å²) in [6, 6.07) is 28.1. The third kappa shape index (κ3) is 5.34. The molecule has 3 aromatic carbocycles. The first-order valence-electron chi connectivity index (χ1n) is 11.5. The van der Waals surface area contributed by atoms with Crippen molar-refractivity contribution < 1.29 is 4.74 Å². The van der Waals surface area contributed by atoms with Gasteiger partial charge in [-0.2, -0.15) is 0 Å². The zero-order valence-corrected chi connectivity index (χ0v) is 19.5. The van der Waals surface area contributed by atoms with Crippen molar-refractivity contribution in [3.05, 3.63) is 95.6 Å². The van der Waals surface area contributed by atoms with Crippen LogP contribution >= 0.6 is 11.8 Å². The van der Waals surface area contributed by atoms with Crippen LogP contribution in [0.4, 0.5) is 0 Å². The smallest absolute Gasteiger partial charge is 0.119 e. The second-order valence-electron chi connectivity index (χ2n) is 8.48. The number of ether oxygens (including phenoxy) is 1. The van der Waals surface area contributed by atoms with Crippen molar-refractivity contribution in [1.82, 2.24) is 5.32 Å². The minimum Gasteiger partial charge on any atom is -0.489 e. The molecule has 0 aromatic heterocycles. The lowest BCUT2D eigenvalue weighted by Gasteiger charge is -2.36. The fourth-order valence-electron chi connectivity index (χ4n) is 4.29. The molecule has 0 amide bonds. The molecule has 1 N–H and O–H groups in total. The number of thioether (sulfide) groups is 1. The number of fused-ring (bicyclic) bond motifs is 1. The molecule has 0 bridgehead atoms. The van der Waals surface area contributed by atoms with E-state index in [2.05, 4.69) is 79.8 Å². The Labute approximate surface area is 191 Å². The molecule has 3 heteroatoms. The van der Waals surface area contributed by atoms with Crippen LogP contribution in [-0.4, -0.2) is 11.3 Å². The van der Waals surface area contributed by atoms with Gasteiger partial charge in [0, 0.05) is 16.2 Å². The van der Waals surface area contributed by atoms with Crippen molar-refractivity contribution in [1.29, 1.82) is 0 Å². The Hall–Kier alpha value is -2.23. The van der Waals surface area contributed by atoms with Gasteiger partial charge in [0.15, 0.2) is 0 Å². The van der Waals surface area contributed by atoms with Gasteiger partial charge in [-0.1, -0.05) is 87.4 Å². The van der Waals surface area contributed by atoms with E-state index in [4.69, 9.17) is 4.74 Å². The van der Waals surface area contributed by atoms with Crippen molar-refractivity contribution >= 4 is 11.8 Å². The van der Waals surface area contributed by atoms with Crippen LogP contribution < -0.4 is 10.1 Å². The van der Waals surface area contributed by atoms with Crippen molar-refractivity contribution in [3.63, 3.8) is 0 Å². The summed E-state index contributed by atoms with van der Waals surface area (Å²) in [5.74, 6) is 2.03. The fraction of sp³-hybridized carbons (Fsp3) is 0.357. The maximum absolute atomic E-state index is 6.02. The van der Waals surface area contributed by atoms with Gasteiger partial charge in [0.2, 0.25) is 0 Å². The van der Waals surface area contributed by atoms with E-state index in [9.17, 15) is 0 Å². The van der Waals surface area contributed by atoms with E-state index >= 15 is 0 Å². The van der Waals surface area contributed by atoms with Gasteiger partial charge in [-0.3, -0.25) is 5.32 Å². The van der Waals surface area contributed by atoms with Gasteiger partial charge >= 0.3 is 0 Å². The number of unbranched alkanes of at least 4 members (excludes halogenated alkanes) is 1. The van der Waals surface area contributed by atoms with Crippen LogP contribution in [0.1, 0.15) is 62.3 Å². The molecule has 31 heavy (non-hydrogen) atoms. The van der Waals surface area contributed by atoms with E-state index in [1.807, 2.05) is 30.0 Å². The molecule has 0 saturated carbocycles. The summed E-state index contributed by atoms with van der Waals surface area (Å²) in [4.78, 5) is 1.40. The Kier molecular flexibility index (Phi) is 7.37. The van der Waals surface area contributed by atoms with Crippen LogP contribution in [0.15, 0.2) is 83.8 Å². The Morgan fingerprint density at radius 2 is 1.68 bits per heavy atom. The van der Waals surface area contributed by atoms with Crippen LogP contribution in [0.2, 0.25) is 0 Å². The van der Waals surface area contributed by atoms with Gasteiger partial charge < -0.3 is 4.74 Å². The molecular weight excluding hydrogens is 398 g/mol. The summed E-state index contributed by atoms with van der Waals surface area (Å²) in [6.07, 6.45) is 4.86. The van der Waals surface area contributed by atoms with Gasteiger partial charge in [0.05, 0.1) is 6.04 Å². The Balaban J connectivity index is 1.57. The summed E-state index contributed by atoms with van der Waals surface area (Å²) < 4.78 is 6.02. The van der Waals surface area contributed by atoms with Crippen molar-refractivity contribution in [2.75, 3.05) is 5.75 Å². The second kappa shape index (κ2) is 10.4. The summed E-state index contributed by atoms with van der Waals surface area (Å²) in [7, 11) is 0. The van der Waals surface area contributed by atoms with Crippen LogP contribution in [0, 0.1) is 0 Å². The Morgan fingerprint density at radius 3 is 2.42 bits per heavy atom. The number of hydrogen-bond acceptors (Lipinski definition) is 3. The standard InChI is InChI=1S/C28H33NOS/c1-3-5-19-28(4-2)21-31-26-14-10-9-13-25(26)27(29-28)23-15-17-24(18-16-23)30-20-22-11-7-6-8-12-22/h6-18,27,29H,3-5,19-21H2,1-2H3/t27-,28-/m0/s1. The third-order valence-corrected chi connectivity index (χ3v) is 7.71. The number of nitrogens with one attached hydrogen (secondary N) is 1. The zero-order chi connectivity index (χ0) is 21.5. The first-order valence-corrected chi connectivity index (χ1v) is 12.5. The highest BCUT2D eigenvalue weighted by molar-refractivity contribution is 7.99. The van der Waals surface area contributed by atoms with Gasteiger partial charge in [-0.15, -0.1) is 11.8 Å². The molecule has 3 aromatic rings. The van der Waals surface area contributed by atoms with Gasteiger partial charge in [0.25, 0.3) is 0 Å². The van der Waals surface area contributed by atoms with E-state index in [0.29, 0.717) is 6.61 Å². The van der Waals surface area contributed by atoms with Crippen LogP contribution in [-0.2, 0) is 6.61 Å². The number of hydrogen-bond donors (Lipinski definition) is 1. The highest BCUT2D eigenvalue weighted by Gasteiger charge is 2.35. The van der Waals surface area contributed by atoms with Crippen LogP contribution in [0.25, 0.3) is 0 Å². The average molecular weight is 432 g/mol. The Morgan fingerprint density at radius 1 is 0.935 bits per heavy atom. The molecule has 0 spiro atoms. The zero-order valence-electron chi connectivity index (χ0n) is 18.6. The molecule has 0 radical (unpaired) electrons. The second-order valence-corrected chi connectivity index (χ2v) is 9.50. The van der Waals surface area contributed by atoms with Crippen LogP contribution in [0.5, 0.6) is 5.75 Å². The van der Waals surface area contributed by atoms with Gasteiger partial charge in [-0.25, -0.2) is 0 Å². The lowest BCUT2D eigenvalue weighted by Crippen LogP contribution is -2.48. The van der Waals surface area contributed by atoms with E-state index in [1.165, 1.54) is 40.8 Å². The maximum Gasteiger partial charge on any atom is 0.119 e. The minimum absolute atomic E-state index is 0.160. The number of benzene rings is 3. The fourth-order valence-corrected chi connectivity index (χ4v) is 5.68. The van der Waals surface area contributed by atoms with Crippen LogP contribution in [0.3, 0.4) is 0 Å². The number of rotatable bonds is 8. The molecule has 1 aliphatic heterocycles. The Bertz CT molecular complexity index is 956. The molecule has 2 nitrogen and oxygen atoms in total. The molecule has 0 unspecified atom stereocenters. The van der Waals surface area contributed by atoms with Gasteiger partial charge in [0.1, 0.15) is 12.4 Å². The molecular formula is C28H33NOS. The van der Waals surface area contributed by atoms with Crippen molar-refractivity contribution in [3.8, 4) is 5.75 Å². The molecule has 4 rings (SSSR count). The van der Waals surface area contributed by atoms with E-state index < -0.39 is 0 Å². The topological polar surface area (TPSA) is 21.3 Å². The summed E-state index contributed by atoms with van der Waals surface area (Å²) in [5.41, 5.74) is 4.03. The first kappa shape index (κ1) is 22.0. The van der Waals surface area contributed by atoms with E-state index in [-0.39, 0.29) is 11.6 Å². The van der Waals surface area contributed by atoms with Crippen molar-refractivity contribution in [2.45, 2.75) is 62.6 Å². The largest absolute Gasteiger partial charge is 0.489 e. The monoisotopic (exact) mass is 431 g/mol. The predicted octanol–water partition coefficient (Wildman–Crippen LogP) is 7.39. The highest BCUT2D eigenvalue weighted by atomic mass is 32.2. The minimum atomic E-state index is 0.160. The highest BCUT2D eigenvalue weighted by Crippen LogP contribution is 2.41. The molecule has 0 aliphatic carbocycles. The molecule has 0 fully saturated rings. The lowest BCUT2D eigenvalue weighted by atomic mass is 9.88. The molecule has 1 aliphatic rings. The molecule has 1 heterocycles. The molecule has 162 valence electrons. The van der Waals surface area contributed by atoms with Gasteiger partial charge in [-0.05, 0) is 47.7 Å². The molecule has 2 atom stereocenters. The summed E-state index contributed by atoms with van der Waals surface area (Å²) in [6.45, 7) is 5.21.